The lowest BCUT2D eigenvalue weighted by atomic mass is 10.0. The fourth-order valence-electron chi connectivity index (χ4n) is 11.9. The SMILES string of the molecule is CC(=O)N[C@H](Cc1c[nH]c2ccccc12)C(=O)N[C@@H](Cc1c[nH]cn1)C(=O)N[C@@H](Cc1c[nH]c2ccccc12)C(=O)N[C@@H](CO)C(=O)N[C@@H](Cc1c[nH]cn1)C(=O)N[C@@H](CC(=O)O)C(=O)N[C@@H](Cc1c[nH]c2ccccc12)C(=O)N[C@@H](CCCCN)C(=O)N1CC=C[C@H]1C(=O)N[C@H](C)C(N)=O. The fraction of sp³-hybridized carbons (Fsp3) is 0.353. The number of nitrogens with zero attached hydrogens (tertiary/aromatic N) is 3. The minimum Gasteiger partial charge on any atom is -0.481 e. The van der Waals surface area contributed by atoms with E-state index < -0.39 is 151 Å². The molecule has 0 bridgehead atoms. The molecule has 0 saturated heterocycles. The number of carbonyl (C=O) groups excluding carboxylic acids is 11. The highest BCUT2D eigenvalue weighted by molar-refractivity contribution is 6.01. The standard InChI is InChI=1S/C68H81N19O14/c1-36(59(70)92)78-67(100)57-19-11-21-87(57)68(101)49(18-9-10-20-69)80-61(94)51(23-39-29-74-47-16-7-4-13-44(39)47)82-65(98)55(27-58(90)91)85-64(97)54(26-42-32-72-35-77-42)84-66(99)56(33-88)86-62(95)52(24-40-30-75-48-17-8-5-14-45(40)48)81-63(96)53(25-41-31-71-34-76-41)83-60(93)50(79-37(2)89)22-38-28-73-46-15-6-3-12-43(38)46/h3-8,11-17,19,28-32,34-36,49-57,73-75,88H,9-10,18,20-27,33,69H2,1-2H3,(H2,70,92)(H,71,76)(H,72,77)(H,78,100)(H,79,89)(H,80,94)(H,81,96)(H,82,98)(H,83,93)(H,84,99)(H,85,97)(H,86,95)(H,90,91)/t36-,49+,50-,51+,52+,53+,54+,55+,56+,57+/m1/s1. The van der Waals surface area contributed by atoms with Crippen LogP contribution in [-0.2, 0) is 89.6 Å². The van der Waals surface area contributed by atoms with E-state index in [0.717, 1.165) is 10.9 Å². The van der Waals surface area contributed by atoms with Crippen molar-refractivity contribution in [3.63, 3.8) is 0 Å². The largest absolute Gasteiger partial charge is 0.481 e. The highest BCUT2D eigenvalue weighted by Crippen LogP contribution is 2.24. The van der Waals surface area contributed by atoms with E-state index in [4.69, 9.17) is 11.5 Å². The quantitative estimate of drug-likeness (QED) is 0.0154. The summed E-state index contributed by atoms with van der Waals surface area (Å²) in [7, 11) is 0. The van der Waals surface area contributed by atoms with Crippen LogP contribution in [0.5, 0.6) is 0 Å². The van der Waals surface area contributed by atoms with Crippen LogP contribution >= 0.6 is 0 Å². The van der Waals surface area contributed by atoms with Crippen LogP contribution < -0.4 is 59.3 Å². The van der Waals surface area contributed by atoms with E-state index in [0.29, 0.717) is 57.0 Å². The molecule has 0 radical (unpaired) electrons. The number of aromatic amines is 5. The predicted octanol–water partition coefficient (Wildman–Crippen LogP) is -1.66. The lowest BCUT2D eigenvalue weighted by Gasteiger charge is -2.30. The number of rotatable bonds is 36. The molecule has 0 unspecified atom stereocenters. The Morgan fingerprint density at radius 1 is 0.525 bits per heavy atom. The van der Waals surface area contributed by atoms with Crippen LogP contribution in [0, 0.1) is 0 Å². The number of aliphatic hydroxyl groups excluding tert-OH is 1. The number of unbranched alkanes of at least 4 members (excludes halogenated alkanes) is 1. The van der Waals surface area contributed by atoms with Crippen LogP contribution in [0.4, 0.5) is 0 Å². The minimum atomic E-state index is -1.99. The summed E-state index contributed by atoms with van der Waals surface area (Å²) in [5.74, 6) is -11.5. The number of hydrogen-bond donors (Lipinski definition) is 18. The van der Waals surface area contributed by atoms with Gasteiger partial charge in [-0.2, -0.15) is 0 Å². The van der Waals surface area contributed by atoms with Crippen molar-refractivity contribution in [1.82, 2.24) is 87.6 Å². The third-order valence-electron chi connectivity index (χ3n) is 17.1. The topological polar surface area (TPSA) is 514 Å². The van der Waals surface area contributed by atoms with Gasteiger partial charge >= 0.3 is 5.97 Å². The average Bonchev–Trinajstić information content (AvgIpc) is 1.75. The van der Waals surface area contributed by atoms with Gasteiger partial charge < -0.3 is 99.4 Å². The van der Waals surface area contributed by atoms with Crippen LogP contribution in [0.1, 0.15) is 67.6 Å². The summed E-state index contributed by atoms with van der Waals surface area (Å²) >= 11 is 0. The number of aliphatic carboxylic acids is 1. The minimum absolute atomic E-state index is 0.00819. The fourth-order valence-corrected chi connectivity index (χ4v) is 11.9. The number of carboxylic acids is 1. The molecular weight excluding hydrogens is 1310 g/mol. The van der Waals surface area contributed by atoms with Crippen molar-refractivity contribution in [3.05, 3.63) is 157 Å². The summed E-state index contributed by atoms with van der Waals surface area (Å²) in [5, 5.41) is 46.5. The Morgan fingerprint density at radius 2 is 0.921 bits per heavy atom. The first kappa shape index (κ1) is 73.3. The van der Waals surface area contributed by atoms with Gasteiger partial charge in [-0.05, 0) is 67.6 Å². The van der Waals surface area contributed by atoms with Crippen molar-refractivity contribution in [2.45, 2.75) is 132 Å². The van der Waals surface area contributed by atoms with E-state index in [1.54, 1.807) is 73.2 Å². The summed E-state index contributed by atoms with van der Waals surface area (Å²) < 4.78 is 0. The van der Waals surface area contributed by atoms with Gasteiger partial charge in [0.15, 0.2) is 0 Å². The van der Waals surface area contributed by atoms with E-state index in [9.17, 15) is 67.7 Å². The third-order valence-corrected chi connectivity index (χ3v) is 17.1. The first-order chi connectivity index (χ1) is 48.6. The van der Waals surface area contributed by atoms with Crippen molar-refractivity contribution in [2.24, 2.45) is 11.5 Å². The van der Waals surface area contributed by atoms with Gasteiger partial charge in [-0.15, -0.1) is 0 Å². The van der Waals surface area contributed by atoms with Crippen LogP contribution in [0.25, 0.3) is 32.7 Å². The average molecular weight is 1390 g/mol. The molecule has 1 aliphatic heterocycles. The number of imidazole rings is 2. The number of aromatic nitrogens is 7. The molecule has 20 N–H and O–H groups in total. The molecule has 8 aromatic rings. The maximum atomic E-state index is 14.8. The zero-order valence-corrected chi connectivity index (χ0v) is 55.2. The Balaban J connectivity index is 0.944. The second kappa shape index (κ2) is 34.5. The van der Waals surface area contributed by atoms with E-state index in [2.05, 4.69) is 82.7 Å². The van der Waals surface area contributed by atoms with Gasteiger partial charge in [0.2, 0.25) is 65.0 Å². The number of nitrogens with one attached hydrogen (secondary N) is 14. The molecule has 0 aliphatic carbocycles. The smallest absolute Gasteiger partial charge is 0.305 e. The van der Waals surface area contributed by atoms with Crippen molar-refractivity contribution < 1.29 is 67.7 Å². The Morgan fingerprint density at radius 3 is 1.33 bits per heavy atom. The Bertz CT molecular complexity index is 4310. The Labute approximate surface area is 576 Å². The number of primary amides is 1. The molecule has 33 nitrogen and oxygen atoms in total. The number of carboxylic acid groups (broad SMARTS) is 1. The number of aliphatic hydroxyl groups is 1. The molecule has 5 aromatic heterocycles. The normalized spacial score (nSPS) is 15.4. The van der Waals surface area contributed by atoms with Crippen molar-refractivity contribution >= 4 is 104 Å². The van der Waals surface area contributed by atoms with Crippen LogP contribution in [-0.4, -0.2) is 201 Å². The van der Waals surface area contributed by atoms with Crippen molar-refractivity contribution in [2.75, 3.05) is 19.7 Å². The summed E-state index contributed by atoms with van der Waals surface area (Å²) in [6.07, 6.45) is 11.9. The third kappa shape index (κ3) is 19.4. The molecule has 0 fully saturated rings. The molecule has 33 heteroatoms. The van der Waals surface area contributed by atoms with E-state index in [1.165, 1.54) is 49.9 Å². The second-order valence-electron chi connectivity index (χ2n) is 24.5. The molecule has 11 amide bonds. The van der Waals surface area contributed by atoms with Crippen molar-refractivity contribution in [1.29, 1.82) is 0 Å². The summed E-state index contributed by atoms with van der Waals surface area (Å²) in [4.78, 5) is 192. The molecule has 0 saturated carbocycles. The molecule has 101 heavy (non-hydrogen) atoms. The van der Waals surface area contributed by atoms with E-state index in [1.807, 2.05) is 24.3 Å². The number of para-hydroxylation sites is 3. The number of nitrogens with two attached hydrogens (primary N) is 2. The lowest BCUT2D eigenvalue weighted by Crippen LogP contribution is -2.62. The number of hydrogen-bond acceptors (Lipinski definition) is 16. The Kier molecular flexibility index (Phi) is 25.0. The predicted molar refractivity (Wildman–Crippen MR) is 365 cm³/mol. The molecular formula is C68H81N19O14. The molecule has 9 rings (SSSR count). The lowest BCUT2D eigenvalue weighted by molar-refractivity contribution is -0.142. The number of carbonyl (C=O) groups is 12. The molecule has 532 valence electrons. The van der Waals surface area contributed by atoms with Gasteiger partial charge in [0.25, 0.3) is 0 Å². The number of fused-ring (bicyclic) bond motifs is 3. The van der Waals surface area contributed by atoms with Crippen LogP contribution in [0.15, 0.2) is 129 Å². The van der Waals surface area contributed by atoms with Crippen LogP contribution in [0.3, 0.4) is 0 Å². The molecule has 1 aliphatic rings. The number of benzene rings is 3. The first-order valence-electron chi connectivity index (χ1n) is 32.7. The van der Waals surface area contributed by atoms with Gasteiger partial charge in [-0.1, -0.05) is 66.7 Å². The summed E-state index contributed by atoms with van der Waals surface area (Å²) in [6.45, 7) is 1.68. The number of H-pyrrole nitrogens is 5. The zero-order chi connectivity index (χ0) is 72.3. The molecule has 3 aromatic carbocycles. The molecule has 0 spiro atoms. The highest BCUT2D eigenvalue weighted by atomic mass is 16.4. The summed E-state index contributed by atoms with van der Waals surface area (Å²) in [6, 6.07) is 6.39. The van der Waals surface area contributed by atoms with E-state index >= 15 is 0 Å². The first-order valence-corrected chi connectivity index (χ1v) is 32.7. The van der Waals surface area contributed by atoms with Gasteiger partial charge in [0, 0.05) is 109 Å². The van der Waals surface area contributed by atoms with Crippen LogP contribution in [0.2, 0.25) is 0 Å². The monoisotopic (exact) mass is 1390 g/mol. The Hall–Kier alpha value is -12.0. The van der Waals surface area contributed by atoms with Gasteiger partial charge in [-0.25, -0.2) is 9.97 Å². The van der Waals surface area contributed by atoms with Gasteiger partial charge in [0.05, 0.1) is 37.1 Å². The van der Waals surface area contributed by atoms with Gasteiger partial charge in [0.1, 0.15) is 60.4 Å². The van der Waals surface area contributed by atoms with E-state index in [-0.39, 0.29) is 50.9 Å². The van der Waals surface area contributed by atoms with Crippen molar-refractivity contribution in [3.8, 4) is 0 Å². The second-order valence-corrected chi connectivity index (χ2v) is 24.5. The highest BCUT2D eigenvalue weighted by Gasteiger charge is 2.40. The maximum Gasteiger partial charge on any atom is 0.305 e. The van der Waals surface area contributed by atoms with Gasteiger partial charge in [-0.3, -0.25) is 57.5 Å². The summed E-state index contributed by atoms with van der Waals surface area (Å²) in [5.41, 5.74) is 15.5. The molecule has 10 atom stereocenters. The molecule has 6 heterocycles. The number of amides is 11. The maximum absolute atomic E-state index is 14.8. The zero-order valence-electron chi connectivity index (χ0n) is 55.2.